The van der Waals surface area contributed by atoms with E-state index in [1.54, 1.807) is 0 Å². The largest absolute Gasteiger partial charge is 0.506 e. The summed E-state index contributed by atoms with van der Waals surface area (Å²) in [6.07, 6.45) is 42.3. The number of rotatable bonds is 34. The smallest absolute Gasteiger partial charge is 0.141 e. The van der Waals surface area contributed by atoms with Crippen LogP contribution in [0.25, 0.3) is 0 Å². The molecule has 4 nitrogen and oxygen atoms in total. The summed E-state index contributed by atoms with van der Waals surface area (Å²) in [7, 11) is 0. The highest BCUT2D eigenvalue weighted by Crippen LogP contribution is 2.24. The fourth-order valence-corrected chi connectivity index (χ4v) is 6.80. The third-order valence-corrected chi connectivity index (χ3v) is 9.99. The van der Waals surface area contributed by atoms with Crippen molar-refractivity contribution < 1.29 is 5.11 Å². The number of aromatic nitrogens is 1. The molecule has 1 rings (SSSR count). The molecule has 264 valence electrons. The Labute approximate surface area is 282 Å². The van der Waals surface area contributed by atoms with Crippen molar-refractivity contribution in [2.75, 3.05) is 19.6 Å². The number of pyridine rings is 1. The van der Waals surface area contributed by atoms with E-state index < -0.39 is 0 Å². The van der Waals surface area contributed by atoms with Gasteiger partial charge in [0, 0.05) is 24.8 Å². The van der Waals surface area contributed by atoms with Crippen LogP contribution < -0.4 is 5.73 Å². The molecule has 0 aromatic carbocycles. The monoisotopic (exact) mass is 630 g/mol. The zero-order chi connectivity index (χ0) is 32.6. The highest BCUT2D eigenvalue weighted by atomic mass is 16.3. The summed E-state index contributed by atoms with van der Waals surface area (Å²) in [4.78, 5) is 7.10. The number of unbranched alkanes of at least 4 members (excludes halogenated alkanes) is 26. The average molecular weight is 630 g/mol. The Bertz CT molecular complexity index is 735. The molecule has 0 aliphatic rings. The van der Waals surface area contributed by atoms with Crippen LogP contribution in [0, 0.1) is 6.92 Å². The first-order chi connectivity index (χ1) is 22.1. The van der Waals surface area contributed by atoms with E-state index >= 15 is 0 Å². The van der Waals surface area contributed by atoms with Gasteiger partial charge in [-0.3, -0.25) is 4.98 Å². The first kappa shape index (κ1) is 41.9. The van der Waals surface area contributed by atoms with Gasteiger partial charge in [-0.25, -0.2) is 0 Å². The van der Waals surface area contributed by atoms with Crippen molar-refractivity contribution in [1.82, 2.24) is 9.88 Å². The van der Waals surface area contributed by atoms with Crippen molar-refractivity contribution in [2.24, 2.45) is 5.73 Å². The maximum absolute atomic E-state index is 10.5. The molecule has 45 heavy (non-hydrogen) atoms. The van der Waals surface area contributed by atoms with E-state index in [0.717, 1.165) is 24.1 Å². The average Bonchev–Trinajstić information content (AvgIpc) is 3.05. The summed E-state index contributed by atoms with van der Waals surface area (Å²) in [5.74, 6) is 0.292. The van der Waals surface area contributed by atoms with Crippen LogP contribution in [-0.2, 0) is 13.0 Å². The maximum Gasteiger partial charge on any atom is 0.141 e. The molecule has 0 fully saturated rings. The van der Waals surface area contributed by atoms with Crippen molar-refractivity contribution in [3.05, 3.63) is 23.0 Å². The molecule has 0 aliphatic carbocycles. The highest BCUT2D eigenvalue weighted by molar-refractivity contribution is 5.40. The Morgan fingerprint density at radius 1 is 0.533 bits per heavy atom. The Morgan fingerprint density at radius 2 is 0.867 bits per heavy atom. The topological polar surface area (TPSA) is 62.4 Å². The summed E-state index contributed by atoms with van der Waals surface area (Å²) in [6, 6.07) is 0. The third-order valence-electron chi connectivity index (χ3n) is 9.99. The summed E-state index contributed by atoms with van der Waals surface area (Å²) in [6.45, 7) is 10.3. The molecule has 0 spiro atoms. The lowest BCUT2D eigenvalue weighted by atomic mass is 10.0. The van der Waals surface area contributed by atoms with Gasteiger partial charge in [-0.1, -0.05) is 181 Å². The van der Waals surface area contributed by atoms with Gasteiger partial charge >= 0.3 is 0 Å². The van der Waals surface area contributed by atoms with Crippen LogP contribution in [0.4, 0.5) is 0 Å². The summed E-state index contributed by atoms with van der Waals surface area (Å²) >= 11 is 0. The lowest BCUT2D eigenvalue weighted by molar-refractivity contribution is 0.262. The minimum atomic E-state index is 0.292. The van der Waals surface area contributed by atoms with E-state index in [1.165, 1.54) is 193 Å². The zero-order valence-electron chi connectivity index (χ0n) is 30.8. The Kier molecular flexibility index (Phi) is 29.3. The van der Waals surface area contributed by atoms with E-state index in [4.69, 9.17) is 5.73 Å². The van der Waals surface area contributed by atoms with Gasteiger partial charge in [0.15, 0.2) is 0 Å². The van der Waals surface area contributed by atoms with Crippen LogP contribution in [0.3, 0.4) is 0 Å². The van der Waals surface area contributed by atoms with E-state index in [2.05, 4.69) is 23.7 Å². The molecule has 0 radical (unpaired) electrons. The van der Waals surface area contributed by atoms with Crippen molar-refractivity contribution in [2.45, 2.75) is 214 Å². The third kappa shape index (κ3) is 23.8. The molecule has 1 aromatic heterocycles. The van der Waals surface area contributed by atoms with E-state index in [1.807, 2.05) is 13.1 Å². The van der Waals surface area contributed by atoms with Gasteiger partial charge in [0.05, 0.1) is 5.69 Å². The van der Waals surface area contributed by atoms with Crippen LogP contribution in [0.5, 0.6) is 5.75 Å². The van der Waals surface area contributed by atoms with Crippen LogP contribution in [0.15, 0.2) is 6.20 Å². The maximum atomic E-state index is 10.5. The molecule has 0 saturated carbocycles. The molecule has 1 aromatic rings. The van der Waals surface area contributed by atoms with Crippen molar-refractivity contribution >= 4 is 0 Å². The van der Waals surface area contributed by atoms with E-state index in [0.29, 0.717) is 18.0 Å². The number of hydrogen-bond donors (Lipinski definition) is 2. The first-order valence-corrected chi connectivity index (χ1v) is 20.2. The number of nitrogens with two attached hydrogens (primary N) is 1. The summed E-state index contributed by atoms with van der Waals surface area (Å²) in [5, 5.41) is 10.5. The van der Waals surface area contributed by atoms with E-state index in [-0.39, 0.29) is 0 Å². The van der Waals surface area contributed by atoms with Crippen molar-refractivity contribution in [3.8, 4) is 5.75 Å². The van der Waals surface area contributed by atoms with Crippen LogP contribution in [0.1, 0.15) is 210 Å². The Morgan fingerprint density at radius 3 is 1.20 bits per heavy atom. The van der Waals surface area contributed by atoms with Gasteiger partial charge in [0.25, 0.3) is 0 Å². The second-order valence-corrected chi connectivity index (χ2v) is 14.2. The fourth-order valence-electron chi connectivity index (χ4n) is 6.80. The highest BCUT2D eigenvalue weighted by Gasteiger charge is 2.12. The van der Waals surface area contributed by atoms with E-state index in [9.17, 15) is 5.11 Å². The molecule has 1 heterocycles. The number of nitrogens with zero attached hydrogens (tertiary/aromatic N) is 2. The predicted molar refractivity (Wildman–Crippen MR) is 199 cm³/mol. The van der Waals surface area contributed by atoms with Gasteiger partial charge < -0.3 is 15.7 Å². The quantitative estimate of drug-likeness (QED) is 0.0744. The first-order valence-electron chi connectivity index (χ1n) is 20.2. The molecular formula is C41H79N3O. The Hall–Kier alpha value is -1.13. The normalized spacial score (nSPS) is 11.7. The van der Waals surface area contributed by atoms with Gasteiger partial charge in [0.2, 0.25) is 0 Å². The molecular weight excluding hydrogens is 550 g/mol. The van der Waals surface area contributed by atoms with Gasteiger partial charge in [-0.05, 0) is 44.8 Å². The second-order valence-electron chi connectivity index (χ2n) is 14.2. The van der Waals surface area contributed by atoms with Crippen LogP contribution in [0.2, 0.25) is 0 Å². The second kappa shape index (κ2) is 31.5. The van der Waals surface area contributed by atoms with Crippen LogP contribution in [-0.4, -0.2) is 34.6 Å². The molecule has 0 bridgehead atoms. The number of aromatic hydroxyl groups is 1. The lowest BCUT2D eigenvalue weighted by Gasteiger charge is -2.23. The Balaban J connectivity index is 2.24. The SMILES string of the molecule is CCCCCCCCCCCCCCCCN(CCCCCCCCCCCCCCCC)CCc1cnc(C)c(O)c1CN. The van der Waals surface area contributed by atoms with Gasteiger partial charge in [-0.2, -0.15) is 0 Å². The molecule has 0 amide bonds. The number of hydrogen-bond acceptors (Lipinski definition) is 4. The minimum absolute atomic E-state index is 0.292. The van der Waals surface area contributed by atoms with Gasteiger partial charge in [-0.15, -0.1) is 0 Å². The molecule has 0 aliphatic heterocycles. The minimum Gasteiger partial charge on any atom is -0.506 e. The number of aryl methyl sites for hydroxylation is 1. The molecule has 4 heteroatoms. The van der Waals surface area contributed by atoms with Crippen LogP contribution >= 0.6 is 0 Å². The van der Waals surface area contributed by atoms with Gasteiger partial charge in [0.1, 0.15) is 5.75 Å². The predicted octanol–water partition coefficient (Wildman–Crippen LogP) is 12.4. The molecule has 0 atom stereocenters. The fraction of sp³-hybridized carbons (Fsp3) is 0.878. The molecule has 0 unspecified atom stereocenters. The standard InChI is InChI=1S/C41H79N3O/c1-4-6-8-10-12-14-16-18-20-22-24-26-28-30-33-44(35-32-39-37-43-38(3)41(45)40(39)36-42)34-31-29-27-25-23-21-19-17-15-13-11-9-7-5-2/h37,45H,4-36,42H2,1-3H3. The van der Waals surface area contributed by atoms with Crippen molar-refractivity contribution in [3.63, 3.8) is 0 Å². The lowest BCUT2D eigenvalue weighted by Crippen LogP contribution is -2.29. The zero-order valence-corrected chi connectivity index (χ0v) is 30.8. The molecule has 3 N–H and O–H groups in total. The molecule has 0 saturated heterocycles. The summed E-state index contributed by atoms with van der Waals surface area (Å²) in [5.41, 5.74) is 8.70. The van der Waals surface area contributed by atoms with Crippen molar-refractivity contribution in [1.29, 1.82) is 0 Å². The summed E-state index contributed by atoms with van der Waals surface area (Å²) < 4.78 is 0.